The highest BCUT2D eigenvalue weighted by Crippen LogP contribution is 2.44. The average molecular weight is 481 g/mol. The quantitative estimate of drug-likeness (QED) is 0.478. The molecule has 0 bridgehead atoms. The van der Waals surface area contributed by atoms with Crippen molar-refractivity contribution in [3.8, 4) is 11.1 Å². The van der Waals surface area contributed by atoms with Gasteiger partial charge < -0.3 is 25.2 Å². The number of benzene rings is 2. The summed E-state index contributed by atoms with van der Waals surface area (Å²) in [5.41, 5.74) is 4.45. The Morgan fingerprint density at radius 3 is 2.11 bits per heavy atom. The molecule has 2 amide bonds. The lowest BCUT2D eigenvalue weighted by Crippen LogP contribution is -2.56. The van der Waals surface area contributed by atoms with Crippen molar-refractivity contribution in [1.29, 1.82) is 0 Å². The van der Waals surface area contributed by atoms with Gasteiger partial charge in [0.2, 0.25) is 5.91 Å². The fourth-order valence-electron chi connectivity index (χ4n) is 4.94. The van der Waals surface area contributed by atoms with Crippen molar-refractivity contribution in [2.24, 2.45) is 5.92 Å². The van der Waals surface area contributed by atoms with Crippen LogP contribution in [0.2, 0.25) is 0 Å². The number of carbonyl (C=O) groups is 3. The van der Waals surface area contributed by atoms with Crippen LogP contribution in [-0.4, -0.2) is 55.0 Å². The fraction of sp³-hybridized carbons (Fsp3) is 0.444. The van der Waals surface area contributed by atoms with Gasteiger partial charge in [0.05, 0.1) is 12.5 Å². The van der Waals surface area contributed by atoms with Gasteiger partial charge in [-0.1, -0.05) is 55.0 Å². The van der Waals surface area contributed by atoms with Gasteiger partial charge in [-0.3, -0.25) is 9.59 Å². The van der Waals surface area contributed by atoms with Gasteiger partial charge in [-0.2, -0.15) is 0 Å². The molecule has 1 fully saturated rings. The molecule has 2 aliphatic carbocycles. The zero-order valence-electron chi connectivity index (χ0n) is 20.0. The smallest absolute Gasteiger partial charge is 0.407 e. The van der Waals surface area contributed by atoms with Crippen LogP contribution in [0.1, 0.15) is 49.7 Å². The third-order valence-electron chi connectivity index (χ3n) is 7.18. The number of ether oxygens (including phenoxy) is 2. The van der Waals surface area contributed by atoms with E-state index in [4.69, 9.17) is 9.47 Å². The number of hydrogen-bond acceptors (Lipinski definition) is 5. The topological polar surface area (TPSA) is 114 Å². The number of carbonyl (C=O) groups excluding carboxylic acids is 2. The summed E-state index contributed by atoms with van der Waals surface area (Å²) >= 11 is 0. The first kappa shape index (κ1) is 24.7. The minimum absolute atomic E-state index is 0.0983. The van der Waals surface area contributed by atoms with Crippen LogP contribution in [0.3, 0.4) is 0 Å². The summed E-state index contributed by atoms with van der Waals surface area (Å²) in [7, 11) is 1.45. The Balaban J connectivity index is 1.41. The third kappa shape index (κ3) is 5.48. The summed E-state index contributed by atoms with van der Waals surface area (Å²) in [5, 5.41) is 14.7. The molecule has 2 aliphatic rings. The van der Waals surface area contributed by atoms with Crippen molar-refractivity contribution >= 4 is 18.0 Å². The monoisotopic (exact) mass is 480 g/mol. The number of carboxylic acids is 1. The molecule has 186 valence electrons. The van der Waals surface area contributed by atoms with Gasteiger partial charge in [-0.15, -0.1) is 0 Å². The van der Waals surface area contributed by atoms with E-state index in [-0.39, 0.29) is 24.9 Å². The van der Waals surface area contributed by atoms with Crippen LogP contribution in [-0.2, 0) is 19.1 Å². The standard InChI is InChI=1S/C27H32N2O6/c1-16(34-2)25(26(32)28-23(14-24(30)31)17-8-7-9-17)29-27(33)35-15-22-20-12-5-3-10-18(20)19-11-4-6-13-21(19)22/h3-6,10-13,16-17,22-23,25H,7-9,14-15H2,1-2H3,(H,28,32)(H,29,33)(H,30,31). The second-order valence-corrected chi connectivity index (χ2v) is 9.29. The molecule has 3 unspecified atom stereocenters. The zero-order valence-corrected chi connectivity index (χ0v) is 20.0. The van der Waals surface area contributed by atoms with Crippen molar-refractivity contribution in [2.45, 2.75) is 56.7 Å². The zero-order chi connectivity index (χ0) is 24.9. The molecule has 0 saturated heterocycles. The maximum absolute atomic E-state index is 13.0. The fourth-order valence-corrected chi connectivity index (χ4v) is 4.94. The average Bonchev–Trinajstić information content (AvgIpc) is 3.13. The van der Waals surface area contributed by atoms with E-state index < -0.39 is 36.2 Å². The summed E-state index contributed by atoms with van der Waals surface area (Å²) in [6.45, 7) is 1.79. The predicted molar refractivity (Wildman–Crippen MR) is 130 cm³/mol. The van der Waals surface area contributed by atoms with Gasteiger partial charge in [-0.05, 0) is 47.9 Å². The summed E-state index contributed by atoms with van der Waals surface area (Å²) in [6, 6.07) is 14.6. The van der Waals surface area contributed by atoms with Crippen LogP contribution in [0.4, 0.5) is 4.79 Å². The highest BCUT2D eigenvalue weighted by Gasteiger charge is 2.35. The molecule has 0 radical (unpaired) electrons. The van der Waals surface area contributed by atoms with Crippen molar-refractivity contribution in [3.05, 3.63) is 59.7 Å². The van der Waals surface area contributed by atoms with Gasteiger partial charge >= 0.3 is 12.1 Å². The molecule has 3 atom stereocenters. The number of nitrogens with one attached hydrogen (secondary N) is 2. The largest absolute Gasteiger partial charge is 0.481 e. The summed E-state index contributed by atoms with van der Waals surface area (Å²) in [5.74, 6) is -1.42. The number of rotatable bonds is 10. The molecule has 8 heteroatoms. The van der Waals surface area contributed by atoms with Crippen LogP contribution in [0.25, 0.3) is 11.1 Å². The number of alkyl carbamates (subject to hydrolysis) is 1. The van der Waals surface area contributed by atoms with Crippen LogP contribution in [0, 0.1) is 5.92 Å². The molecule has 2 aromatic rings. The highest BCUT2D eigenvalue weighted by molar-refractivity contribution is 5.87. The first-order valence-electron chi connectivity index (χ1n) is 12.1. The van der Waals surface area contributed by atoms with E-state index in [1.807, 2.05) is 36.4 Å². The number of carboxylic acid groups (broad SMARTS) is 1. The van der Waals surface area contributed by atoms with Crippen LogP contribution in [0.15, 0.2) is 48.5 Å². The van der Waals surface area contributed by atoms with Crippen molar-refractivity contribution in [2.75, 3.05) is 13.7 Å². The molecule has 2 aromatic carbocycles. The molecule has 0 heterocycles. The van der Waals surface area contributed by atoms with Gasteiger partial charge in [-0.25, -0.2) is 4.79 Å². The lowest BCUT2D eigenvalue weighted by Gasteiger charge is -2.35. The number of aliphatic carboxylic acids is 1. The van der Waals surface area contributed by atoms with E-state index in [2.05, 4.69) is 22.8 Å². The molecular weight excluding hydrogens is 448 g/mol. The number of amides is 2. The Morgan fingerprint density at radius 1 is 1.00 bits per heavy atom. The van der Waals surface area contributed by atoms with Crippen LogP contribution < -0.4 is 10.6 Å². The molecule has 3 N–H and O–H groups in total. The third-order valence-corrected chi connectivity index (χ3v) is 7.18. The first-order valence-corrected chi connectivity index (χ1v) is 12.1. The van der Waals surface area contributed by atoms with Crippen LogP contribution in [0.5, 0.6) is 0 Å². The Hall–Kier alpha value is -3.39. The van der Waals surface area contributed by atoms with Crippen molar-refractivity contribution in [3.63, 3.8) is 0 Å². The van der Waals surface area contributed by atoms with Gasteiger partial charge in [0, 0.05) is 19.1 Å². The normalized spacial score (nSPS) is 17.3. The predicted octanol–water partition coefficient (Wildman–Crippen LogP) is 3.69. The molecular formula is C27H32N2O6. The lowest BCUT2D eigenvalue weighted by atomic mass is 9.78. The van der Waals surface area contributed by atoms with Gasteiger partial charge in [0.15, 0.2) is 0 Å². The summed E-state index contributed by atoms with van der Waals surface area (Å²) < 4.78 is 10.9. The van der Waals surface area contributed by atoms with E-state index in [0.29, 0.717) is 0 Å². The molecule has 0 aromatic heterocycles. The maximum atomic E-state index is 13.0. The summed E-state index contributed by atoms with van der Waals surface area (Å²) in [6.07, 6.45) is 1.25. The second-order valence-electron chi connectivity index (χ2n) is 9.29. The van der Waals surface area contributed by atoms with E-state index in [9.17, 15) is 19.5 Å². The number of methoxy groups -OCH3 is 1. The van der Waals surface area contributed by atoms with E-state index in [1.165, 1.54) is 7.11 Å². The van der Waals surface area contributed by atoms with Crippen molar-refractivity contribution in [1.82, 2.24) is 10.6 Å². The van der Waals surface area contributed by atoms with Gasteiger partial charge in [0.25, 0.3) is 0 Å². The SMILES string of the molecule is COC(C)C(NC(=O)OCC1c2ccccc2-c2ccccc21)C(=O)NC(CC(=O)O)C1CCC1. The van der Waals surface area contributed by atoms with E-state index >= 15 is 0 Å². The number of hydrogen-bond donors (Lipinski definition) is 3. The molecule has 0 spiro atoms. The van der Waals surface area contributed by atoms with Crippen LogP contribution >= 0.6 is 0 Å². The number of fused-ring (bicyclic) bond motifs is 3. The minimum Gasteiger partial charge on any atom is -0.481 e. The molecule has 1 saturated carbocycles. The Morgan fingerprint density at radius 2 is 1.60 bits per heavy atom. The van der Waals surface area contributed by atoms with Gasteiger partial charge in [0.1, 0.15) is 12.6 Å². The molecule has 4 rings (SSSR count). The second kappa shape index (κ2) is 10.9. The lowest BCUT2D eigenvalue weighted by molar-refractivity contribution is -0.138. The molecule has 0 aliphatic heterocycles. The first-order chi connectivity index (χ1) is 16.9. The Kier molecular flexibility index (Phi) is 7.70. The highest BCUT2D eigenvalue weighted by atomic mass is 16.5. The van der Waals surface area contributed by atoms with Crippen molar-refractivity contribution < 1.29 is 29.0 Å². The Labute approximate surface area is 205 Å². The maximum Gasteiger partial charge on any atom is 0.407 e. The van der Waals surface area contributed by atoms with E-state index in [1.54, 1.807) is 6.92 Å². The minimum atomic E-state index is -1.02. The molecule has 8 nitrogen and oxygen atoms in total. The van der Waals surface area contributed by atoms with E-state index in [0.717, 1.165) is 41.5 Å². The Bertz CT molecular complexity index is 1040. The molecule has 35 heavy (non-hydrogen) atoms. The summed E-state index contributed by atoms with van der Waals surface area (Å²) in [4.78, 5) is 37.1.